The van der Waals surface area contributed by atoms with E-state index in [0.717, 1.165) is 31.2 Å². The van der Waals surface area contributed by atoms with Gasteiger partial charge in [0.05, 0.1) is 11.1 Å². The molecule has 1 aliphatic rings. The summed E-state index contributed by atoms with van der Waals surface area (Å²) in [6.45, 7) is 0.984. The van der Waals surface area contributed by atoms with Crippen LogP contribution in [0.2, 0.25) is 0 Å². The molecule has 8 heteroatoms. The van der Waals surface area contributed by atoms with E-state index in [9.17, 15) is 13.2 Å². The number of sulfonamides is 1. The number of hydrogen-bond acceptors (Lipinski definition) is 4. The molecule has 0 saturated heterocycles. The quantitative estimate of drug-likeness (QED) is 0.648. The third-order valence-corrected chi connectivity index (χ3v) is 5.77. The summed E-state index contributed by atoms with van der Waals surface area (Å²) in [4.78, 5) is 12.4. The molecule has 1 heterocycles. The molecule has 0 bridgehead atoms. The molecular weight excluding hydrogens is 352 g/mol. The lowest BCUT2D eigenvalue weighted by Gasteiger charge is -2.09. The highest BCUT2D eigenvalue weighted by molar-refractivity contribution is 7.89. The average molecular weight is 376 g/mol. The molecular formula is C18H24N4O3S. The van der Waals surface area contributed by atoms with Gasteiger partial charge in [-0.3, -0.25) is 9.48 Å². The van der Waals surface area contributed by atoms with Gasteiger partial charge in [0.2, 0.25) is 10.0 Å². The molecule has 2 aromatic rings. The van der Waals surface area contributed by atoms with Crippen molar-refractivity contribution in [2.45, 2.75) is 30.6 Å². The van der Waals surface area contributed by atoms with Gasteiger partial charge in [0.25, 0.3) is 5.91 Å². The summed E-state index contributed by atoms with van der Waals surface area (Å²) < 4.78 is 29.0. The zero-order chi connectivity index (χ0) is 18.6. The summed E-state index contributed by atoms with van der Waals surface area (Å²) in [5, 5.41) is 6.94. The van der Waals surface area contributed by atoms with Crippen molar-refractivity contribution in [1.29, 1.82) is 0 Å². The fraction of sp³-hybridized carbons (Fsp3) is 0.444. The van der Waals surface area contributed by atoms with Crippen LogP contribution in [0.3, 0.4) is 0 Å². The van der Waals surface area contributed by atoms with E-state index in [1.165, 1.54) is 12.1 Å². The van der Waals surface area contributed by atoms with Gasteiger partial charge in [-0.1, -0.05) is 6.07 Å². The molecule has 0 unspecified atom stereocenters. The minimum absolute atomic E-state index is 0.126. The lowest BCUT2D eigenvalue weighted by Crippen LogP contribution is -2.27. The summed E-state index contributed by atoms with van der Waals surface area (Å²) in [5.41, 5.74) is 1.47. The zero-order valence-corrected chi connectivity index (χ0v) is 15.6. The van der Waals surface area contributed by atoms with Gasteiger partial charge in [0.15, 0.2) is 0 Å². The molecule has 1 saturated carbocycles. The SMILES string of the molecule is Cn1cc(CCCNC(=O)c2cccc(S(=O)(=O)NCC3CC3)c2)cn1. The van der Waals surface area contributed by atoms with Gasteiger partial charge in [0.1, 0.15) is 0 Å². The van der Waals surface area contributed by atoms with E-state index in [0.29, 0.717) is 24.6 Å². The third kappa shape index (κ3) is 5.15. The van der Waals surface area contributed by atoms with Crippen LogP contribution in [0.4, 0.5) is 0 Å². The number of aromatic nitrogens is 2. The second-order valence-electron chi connectivity index (χ2n) is 6.70. The van der Waals surface area contributed by atoms with Crippen molar-refractivity contribution in [3.8, 4) is 0 Å². The smallest absolute Gasteiger partial charge is 0.251 e. The Morgan fingerprint density at radius 3 is 2.85 bits per heavy atom. The van der Waals surface area contributed by atoms with Crippen LogP contribution >= 0.6 is 0 Å². The Labute approximate surface area is 153 Å². The number of nitrogens with zero attached hydrogens (tertiary/aromatic N) is 2. The molecule has 1 aromatic carbocycles. The van der Waals surface area contributed by atoms with Crippen molar-refractivity contribution in [1.82, 2.24) is 19.8 Å². The minimum atomic E-state index is -3.57. The predicted octanol–water partition coefficient (Wildman–Crippen LogP) is 1.47. The summed E-state index contributed by atoms with van der Waals surface area (Å²) in [6.07, 6.45) is 7.52. The van der Waals surface area contributed by atoms with Crippen LogP contribution in [0.25, 0.3) is 0 Å². The summed E-state index contributed by atoms with van der Waals surface area (Å²) in [5.74, 6) is 0.187. The lowest BCUT2D eigenvalue weighted by atomic mass is 10.2. The van der Waals surface area contributed by atoms with E-state index in [1.807, 2.05) is 19.4 Å². The van der Waals surface area contributed by atoms with Gasteiger partial charge in [-0.25, -0.2) is 13.1 Å². The van der Waals surface area contributed by atoms with Gasteiger partial charge in [-0.15, -0.1) is 0 Å². The number of rotatable bonds is 9. The van der Waals surface area contributed by atoms with Gasteiger partial charge >= 0.3 is 0 Å². The fourth-order valence-corrected chi connectivity index (χ4v) is 3.80. The fourth-order valence-electron chi connectivity index (χ4n) is 2.63. The van der Waals surface area contributed by atoms with Crippen LogP contribution in [0, 0.1) is 5.92 Å². The van der Waals surface area contributed by atoms with Crippen LogP contribution < -0.4 is 10.0 Å². The van der Waals surface area contributed by atoms with Gasteiger partial charge in [-0.2, -0.15) is 5.10 Å². The summed E-state index contributed by atoms with van der Waals surface area (Å²) >= 11 is 0. The van der Waals surface area contributed by atoms with E-state index in [1.54, 1.807) is 16.8 Å². The van der Waals surface area contributed by atoms with E-state index >= 15 is 0 Å². The minimum Gasteiger partial charge on any atom is -0.352 e. The van der Waals surface area contributed by atoms with Crippen LogP contribution in [0.15, 0.2) is 41.6 Å². The standard InChI is InChI=1S/C18H24N4O3S/c1-22-13-15(11-20-22)4-3-9-19-18(23)16-5-2-6-17(10-16)26(24,25)21-12-14-7-8-14/h2,5-6,10-11,13-14,21H,3-4,7-9,12H2,1H3,(H,19,23). The van der Waals surface area contributed by atoms with Crippen LogP contribution in [-0.2, 0) is 23.5 Å². The summed E-state index contributed by atoms with van der Waals surface area (Å²) in [7, 11) is -1.70. The van der Waals surface area contributed by atoms with Crippen molar-refractivity contribution in [3.05, 3.63) is 47.8 Å². The largest absolute Gasteiger partial charge is 0.352 e. The molecule has 0 atom stereocenters. The number of benzene rings is 1. The van der Waals surface area contributed by atoms with E-state index in [2.05, 4.69) is 15.1 Å². The van der Waals surface area contributed by atoms with Crippen LogP contribution in [-0.4, -0.2) is 37.2 Å². The predicted molar refractivity (Wildman–Crippen MR) is 98.2 cm³/mol. The monoisotopic (exact) mass is 376 g/mol. The van der Waals surface area contributed by atoms with Crippen molar-refractivity contribution in [3.63, 3.8) is 0 Å². The first kappa shape index (κ1) is 18.6. The molecule has 2 N–H and O–H groups in total. The highest BCUT2D eigenvalue weighted by Crippen LogP contribution is 2.28. The van der Waals surface area contributed by atoms with Crippen molar-refractivity contribution >= 4 is 15.9 Å². The first-order chi connectivity index (χ1) is 12.4. The number of amides is 1. The topological polar surface area (TPSA) is 93.1 Å². The van der Waals surface area contributed by atoms with Crippen LogP contribution in [0.1, 0.15) is 35.2 Å². The maximum Gasteiger partial charge on any atom is 0.251 e. The molecule has 3 rings (SSSR count). The first-order valence-corrected chi connectivity index (χ1v) is 10.3. The van der Waals surface area contributed by atoms with Crippen molar-refractivity contribution < 1.29 is 13.2 Å². The molecule has 0 aliphatic heterocycles. The van der Waals surface area contributed by atoms with E-state index in [4.69, 9.17) is 0 Å². The van der Waals surface area contributed by atoms with Crippen LogP contribution in [0.5, 0.6) is 0 Å². The normalized spacial score (nSPS) is 14.3. The lowest BCUT2D eigenvalue weighted by molar-refractivity contribution is 0.0953. The second kappa shape index (κ2) is 8.01. The Morgan fingerprint density at radius 2 is 2.15 bits per heavy atom. The molecule has 0 radical (unpaired) electrons. The molecule has 0 spiro atoms. The highest BCUT2D eigenvalue weighted by Gasteiger charge is 2.24. The van der Waals surface area contributed by atoms with Gasteiger partial charge < -0.3 is 5.32 Å². The maximum atomic E-state index is 12.3. The Balaban J connectivity index is 1.52. The molecule has 140 valence electrons. The molecule has 7 nitrogen and oxygen atoms in total. The van der Waals surface area contributed by atoms with Gasteiger partial charge in [-0.05, 0) is 55.4 Å². The molecule has 1 aromatic heterocycles. The Kier molecular flexibility index (Phi) is 5.73. The first-order valence-electron chi connectivity index (χ1n) is 8.79. The van der Waals surface area contributed by atoms with Gasteiger partial charge in [0, 0.05) is 31.9 Å². The summed E-state index contributed by atoms with van der Waals surface area (Å²) in [6, 6.07) is 6.15. The van der Waals surface area contributed by atoms with Crippen molar-refractivity contribution in [2.24, 2.45) is 13.0 Å². The Bertz CT molecular complexity index is 872. The van der Waals surface area contributed by atoms with E-state index in [-0.39, 0.29) is 10.8 Å². The number of carbonyl (C=O) groups excluding carboxylic acids is 1. The highest BCUT2D eigenvalue weighted by atomic mass is 32.2. The molecule has 1 aliphatic carbocycles. The average Bonchev–Trinajstić information content (AvgIpc) is 3.38. The molecule has 26 heavy (non-hydrogen) atoms. The number of hydrogen-bond donors (Lipinski definition) is 2. The third-order valence-electron chi connectivity index (χ3n) is 4.35. The number of aryl methyl sites for hydroxylation is 2. The number of carbonyl (C=O) groups is 1. The molecule has 1 amide bonds. The Morgan fingerprint density at radius 1 is 1.35 bits per heavy atom. The zero-order valence-electron chi connectivity index (χ0n) is 14.8. The molecule has 1 fully saturated rings. The van der Waals surface area contributed by atoms with E-state index < -0.39 is 10.0 Å². The second-order valence-corrected chi connectivity index (χ2v) is 8.47. The maximum absolute atomic E-state index is 12.3. The Hall–Kier alpha value is -2.19. The van der Waals surface area contributed by atoms with Crippen molar-refractivity contribution in [2.75, 3.05) is 13.1 Å². The number of nitrogens with one attached hydrogen (secondary N) is 2.